The van der Waals surface area contributed by atoms with Crippen LogP contribution in [-0.2, 0) is 0 Å². The summed E-state index contributed by atoms with van der Waals surface area (Å²) >= 11 is 0. The SMILES string of the molecule is CC1CC1CN(C)c1c(C(=N)N)cnc2ccccc12. The van der Waals surface area contributed by atoms with E-state index in [0.717, 1.165) is 40.5 Å². The molecule has 0 spiro atoms. The number of amidine groups is 1. The van der Waals surface area contributed by atoms with Crippen LogP contribution in [0.2, 0.25) is 0 Å². The zero-order valence-corrected chi connectivity index (χ0v) is 11.9. The number of pyridine rings is 1. The van der Waals surface area contributed by atoms with Gasteiger partial charge >= 0.3 is 0 Å². The predicted octanol–water partition coefficient (Wildman–Crippen LogP) is 2.61. The Morgan fingerprint density at radius 1 is 1.45 bits per heavy atom. The van der Waals surface area contributed by atoms with Crippen LogP contribution in [0, 0.1) is 17.2 Å². The number of benzene rings is 1. The zero-order chi connectivity index (χ0) is 14.3. The second kappa shape index (κ2) is 4.78. The van der Waals surface area contributed by atoms with Crippen molar-refractivity contribution >= 4 is 22.4 Å². The van der Waals surface area contributed by atoms with Crippen molar-refractivity contribution in [3.63, 3.8) is 0 Å². The van der Waals surface area contributed by atoms with Crippen molar-refractivity contribution in [1.82, 2.24) is 4.98 Å². The molecular weight excluding hydrogens is 248 g/mol. The number of nitrogens with zero attached hydrogens (tertiary/aromatic N) is 2. The first-order valence-corrected chi connectivity index (χ1v) is 7.01. The van der Waals surface area contributed by atoms with E-state index in [2.05, 4.69) is 29.9 Å². The lowest BCUT2D eigenvalue weighted by Gasteiger charge is -2.24. The van der Waals surface area contributed by atoms with Crippen LogP contribution in [0.25, 0.3) is 10.9 Å². The summed E-state index contributed by atoms with van der Waals surface area (Å²) in [6, 6.07) is 8.04. The van der Waals surface area contributed by atoms with Crippen LogP contribution in [0.5, 0.6) is 0 Å². The Labute approximate surface area is 119 Å². The van der Waals surface area contributed by atoms with E-state index in [4.69, 9.17) is 11.1 Å². The molecule has 2 atom stereocenters. The maximum atomic E-state index is 7.79. The average Bonchev–Trinajstić information content (AvgIpc) is 3.12. The van der Waals surface area contributed by atoms with Crippen LogP contribution in [0.15, 0.2) is 30.5 Å². The molecule has 2 unspecified atom stereocenters. The van der Waals surface area contributed by atoms with Gasteiger partial charge in [0.2, 0.25) is 0 Å². The number of aromatic nitrogens is 1. The number of anilines is 1. The molecule has 1 fully saturated rings. The smallest absolute Gasteiger partial charge is 0.126 e. The molecule has 0 radical (unpaired) electrons. The van der Waals surface area contributed by atoms with Crippen molar-refractivity contribution in [2.24, 2.45) is 17.6 Å². The zero-order valence-electron chi connectivity index (χ0n) is 11.9. The van der Waals surface area contributed by atoms with Crippen molar-refractivity contribution in [2.45, 2.75) is 13.3 Å². The van der Waals surface area contributed by atoms with E-state index in [1.54, 1.807) is 6.20 Å². The largest absolute Gasteiger partial charge is 0.384 e. The third kappa shape index (κ3) is 2.22. The van der Waals surface area contributed by atoms with Crippen LogP contribution < -0.4 is 10.6 Å². The maximum absolute atomic E-state index is 7.79. The number of hydrogen-bond donors (Lipinski definition) is 2. The minimum atomic E-state index is 0.0777. The molecule has 20 heavy (non-hydrogen) atoms. The van der Waals surface area contributed by atoms with E-state index in [-0.39, 0.29) is 5.84 Å². The molecule has 0 aliphatic heterocycles. The maximum Gasteiger partial charge on any atom is 0.126 e. The third-order valence-electron chi connectivity index (χ3n) is 4.20. The summed E-state index contributed by atoms with van der Waals surface area (Å²) in [7, 11) is 2.08. The molecule has 104 valence electrons. The summed E-state index contributed by atoms with van der Waals surface area (Å²) in [5, 5.41) is 8.86. The quantitative estimate of drug-likeness (QED) is 0.661. The van der Waals surface area contributed by atoms with Gasteiger partial charge in [0.1, 0.15) is 5.84 Å². The van der Waals surface area contributed by atoms with Gasteiger partial charge in [-0.05, 0) is 24.3 Å². The molecule has 0 bridgehead atoms. The number of nitrogen functional groups attached to an aromatic ring is 1. The van der Waals surface area contributed by atoms with Crippen LogP contribution in [0.3, 0.4) is 0 Å². The molecule has 0 amide bonds. The molecule has 4 nitrogen and oxygen atoms in total. The van der Waals surface area contributed by atoms with Crippen molar-refractivity contribution in [3.8, 4) is 0 Å². The standard InChI is InChI=1S/C16H20N4/c1-10-7-11(10)9-20(2)15-12-5-3-4-6-14(12)19-8-13(15)16(17)18/h3-6,8,10-11H,7,9H2,1-2H3,(H3,17,18). The van der Waals surface area contributed by atoms with E-state index in [0.29, 0.717) is 0 Å². The topological polar surface area (TPSA) is 66.0 Å². The van der Waals surface area contributed by atoms with E-state index in [1.807, 2.05) is 18.2 Å². The summed E-state index contributed by atoms with van der Waals surface area (Å²) in [6.45, 7) is 3.30. The number of fused-ring (bicyclic) bond motifs is 1. The Kier molecular flexibility index (Phi) is 3.08. The van der Waals surface area contributed by atoms with E-state index in [1.165, 1.54) is 6.42 Å². The molecule has 1 aromatic carbocycles. The van der Waals surface area contributed by atoms with E-state index < -0.39 is 0 Å². The van der Waals surface area contributed by atoms with Gasteiger partial charge in [-0.15, -0.1) is 0 Å². The van der Waals surface area contributed by atoms with Crippen LogP contribution >= 0.6 is 0 Å². The van der Waals surface area contributed by atoms with Crippen molar-refractivity contribution < 1.29 is 0 Å². The minimum Gasteiger partial charge on any atom is -0.384 e. The van der Waals surface area contributed by atoms with Gasteiger partial charge in [0.15, 0.2) is 0 Å². The lowest BCUT2D eigenvalue weighted by Crippen LogP contribution is -2.25. The normalized spacial score (nSPS) is 20.9. The molecule has 1 aliphatic carbocycles. The van der Waals surface area contributed by atoms with Gasteiger partial charge in [0.25, 0.3) is 0 Å². The Morgan fingerprint density at radius 2 is 2.15 bits per heavy atom. The third-order valence-corrected chi connectivity index (χ3v) is 4.20. The monoisotopic (exact) mass is 268 g/mol. The number of hydrogen-bond acceptors (Lipinski definition) is 3. The fourth-order valence-electron chi connectivity index (χ4n) is 2.83. The summed E-state index contributed by atoms with van der Waals surface area (Å²) in [5.41, 5.74) is 8.43. The number of nitrogens with one attached hydrogen (secondary N) is 1. The number of para-hydroxylation sites is 1. The van der Waals surface area contributed by atoms with Gasteiger partial charge < -0.3 is 10.6 Å². The van der Waals surface area contributed by atoms with Crippen molar-refractivity contribution in [1.29, 1.82) is 5.41 Å². The Morgan fingerprint density at radius 3 is 2.80 bits per heavy atom. The lowest BCUT2D eigenvalue weighted by molar-refractivity contribution is 0.726. The van der Waals surface area contributed by atoms with Gasteiger partial charge in [0.05, 0.1) is 16.8 Å². The molecular formula is C16H20N4. The fourth-order valence-corrected chi connectivity index (χ4v) is 2.83. The molecule has 1 aliphatic rings. The molecule has 3 rings (SSSR count). The Balaban J connectivity index is 2.09. The highest BCUT2D eigenvalue weighted by molar-refractivity contribution is 6.07. The molecule has 4 heteroatoms. The molecule has 2 aromatic rings. The first-order chi connectivity index (χ1) is 9.58. The minimum absolute atomic E-state index is 0.0777. The summed E-state index contributed by atoms with van der Waals surface area (Å²) < 4.78 is 0. The van der Waals surface area contributed by atoms with Crippen molar-refractivity contribution in [2.75, 3.05) is 18.5 Å². The summed E-state index contributed by atoms with van der Waals surface area (Å²) in [4.78, 5) is 6.64. The molecule has 1 heterocycles. The highest BCUT2D eigenvalue weighted by atomic mass is 15.1. The highest BCUT2D eigenvalue weighted by Crippen LogP contribution is 2.40. The van der Waals surface area contributed by atoms with Crippen LogP contribution in [0.4, 0.5) is 5.69 Å². The predicted molar refractivity (Wildman–Crippen MR) is 83.3 cm³/mol. The van der Waals surface area contributed by atoms with Crippen LogP contribution in [-0.4, -0.2) is 24.4 Å². The Bertz CT molecular complexity index is 665. The van der Waals surface area contributed by atoms with E-state index >= 15 is 0 Å². The second-order valence-electron chi connectivity index (χ2n) is 5.80. The molecule has 0 saturated heterocycles. The second-order valence-corrected chi connectivity index (χ2v) is 5.80. The summed E-state index contributed by atoms with van der Waals surface area (Å²) in [6.07, 6.45) is 3.01. The van der Waals surface area contributed by atoms with Gasteiger partial charge in [-0.1, -0.05) is 25.1 Å². The first kappa shape index (κ1) is 12.9. The van der Waals surface area contributed by atoms with Crippen LogP contribution in [0.1, 0.15) is 18.9 Å². The number of nitrogens with two attached hydrogens (primary N) is 1. The van der Waals surface area contributed by atoms with Gasteiger partial charge in [-0.25, -0.2) is 0 Å². The van der Waals surface area contributed by atoms with E-state index in [9.17, 15) is 0 Å². The number of rotatable bonds is 4. The Hall–Kier alpha value is -2.10. The molecule has 1 aromatic heterocycles. The fraction of sp³-hybridized carbons (Fsp3) is 0.375. The average molecular weight is 268 g/mol. The first-order valence-electron chi connectivity index (χ1n) is 7.01. The van der Waals surface area contributed by atoms with Gasteiger partial charge in [0, 0.05) is 25.2 Å². The molecule has 1 saturated carbocycles. The van der Waals surface area contributed by atoms with Gasteiger partial charge in [-0.2, -0.15) is 0 Å². The highest BCUT2D eigenvalue weighted by Gasteiger charge is 2.34. The van der Waals surface area contributed by atoms with Gasteiger partial charge in [-0.3, -0.25) is 10.4 Å². The lowest BCUT2D eigenvalue weighted by atomic mass is 10.1. The van der Waals surface area contributed by atoms with Crippen molar-refractivity contribution in [3.05, 3.63) is 36.0 Å². The summed E-state index contributed by atoms with van der Waals surface area (Å²) in [5.74, 6) is 1.65. The molecule has 3 N–H and O–H groups in total.